The lowest BCUT2D eigenvalue weighted by Crippen LogP contribution is -2.39. The molecule has 4 aliphatic rings. The molecule has 1 saturated heterocycles. The van der Waals surface area contributed by atoms with Crippen molar-refractivity contribution >= 4 is 23.4 Å². The van der Waals surface area contributed by atoms with E-state index >= 15 is 0 Å². The zero-order valence-electron chi connectivity index (χ0n) is 20.7. The average Bonchev–Trinajstić information content (AvgIpc) is 3.13. The van der Waals surface area contributed by atoms with Crippen molar-refractivity contribution in [2.24, 2.45) is 17.8 Å². The Morgan fingerprint density at radius 1 is 0.919 bits per heavy atom. The number of aromatic hydroxyl groups is 1. The van der Waals surface area contributed by atoms with Crippen molar-refractivity contribution in [3.63, 3.8) is 0 Å². The number of Topliss-reactive ketones (excluding diaryl/α,β-unsaturated/α-hetero) is 1. The van der Waals surface area contributed by atoms with Crippen LogP contribution in [0.4, 0.5) is 0 Å². The van der Waals surface area contributed by atoms with Crippen LogP contribution in [0.2, 0.25) is 0 Å². The average molecular weight is 494 g/mol. The summed E-state index contributed by atoms with van der Waals surface area (Å²) < 4.78 is 0. The van der Waals surface area contributed by atoms with E-state index in [0.717, 1.165) is 11.1 Å². The van der Waals surface area contributed by atoms with Crippen LogP contribution in [0, 0.1) is 24.7 Å². The third-order valence-electron chi connectivity index (χ3n) is 8.42. The molecule has 2 aromatic rings. The maximum Gasteiger partial charge on any atom is 0.234 e. The van der Waals surface area contributed by atoms with Gasteiger partial charge in [-0.1, -0.05) is 60.2 Å². The minimum Gasteiger partial charge on any atom is -0.507 e. The number of phenolic OH excluding ortho intramolecular Hbond substituents is 1. The summed E-state index contributed by atoms with van der Waals surface area (Å²) in [7, 11) is 0. The van der Waals surface area contributed by atoms with Gasteiger partial charge in [-0.15, -0.1) is 0 Å². The normalized spacial score (nSPS) is 27.0. The summed E-state index contributed by atoms with van der Waals surface area (Å²) in [5, 5.41) is 11.0. The number of nitrogens with zero attached hydrogens (tertiary/aromatic N) is 1. The Labute approximate surface area is 215 Å². The Balaban J connectivity index is 1.47. The summed E-state index contributed by atoms with van der Waals surface area (Å²) in [5.74, 6) is -2.92. The van der Waals surface area contributed by atoms with Gasteiger partial charge < -0.3 is 5.11 Å². The molecule has 37 heavy (non-hydrogen) atoms. The van der Waals surface area contributed by atoms with E-state index in [2.05, 4.69) is 0 Å². The van der Waals surface area contributed by atoms with E-state index in [-0.39, 0.29) is 42.1 Å². The zero-order chi connectivity index (χ0) is 26.0. The third-order valence-corrected chi connectivity index (χ3v) is 8.42. The monoisotopic (exact) mass is 493 g/mol. The van der Waals surface area contributed by atoms with Crippen LogP contribution in [0.15, 0.2) is 83.0 Å². The van der Waals surface area contributed by atoms with Gasteiger partial charge in [-0.3, -0.25) is 24.1 Å². The number of hydrogen-bond donors (Lipinski definition) is 1. The quantitative estimate of drug-likeness (QED) is 0.390. The molecule has 186 valence electrons. The highest BCUT2D eigenvalue weighted by Crippen LogP contribution is 2.56. The van der Waals surface area contributed by atoms with E-state index in [4.69, 9.17) is 0 Å². The summed E-state index contributed by atoms with van der Waals surface area (Å²) in [4.78, 5) is 55.2. The summed E-state index contributed by atoms with van der Waals surface area (Å²) in [6, 6.07) is 14.8. The number of amides is 2. The smallest absolute Gasteiger partial charge is 0.234 e. The Morgan fingerprint density at radius 3 is 2.43 bits per heavy atom. The molecule has 6 rings (SSSR count). The number of likely N-dealkylation sites (tertiary alicyclic amines) is 1. The highest BCUT2D eigenvalue weighted by molar-refractivity contribution is 6.24. The molecule has 6 nitrogen and oxygen atoms in total. The van der Waals surface area contributed by atoms with Crippen LogP contribution >= 0.6 is 0 Å². The maximum atomic E-state index is 13.8. The number of phenols is 1. The summed E-state index contributed by atoms with van der Waals surface area (Å²) in [5.41, 5.74) is 4.10. The van der Waals surface area contributed by atoms with Gasteiger partial charge in [-0.25, -0.2) is 0 Å². The first kappa shape index (κ1) is 23.3. The molecule has 6 heteroatoms. The molecule has 1 heterocycles. The van der Waals surface area contributed by atoms with Gasteiger partial charge in [0.05, 0.1) is 18.4 Å². The number of carbonyl (C=O) groups excluding carboxylic acids is 4. The number of hydrogen-bond acceptors (Lipinski definition) is 5. The molecular weight excluding hydrogens is 466 g/mol. The van der Waals surface area contributed by atoms with Gasteiger partial charge in [-0.2, -0.15) is 0 Å². The van der Waals surface area contributed by atoms with Crippen LogP contribution in [0.25, 0.3) is 0 Å². The second kappa shape index (κ2) is 8.51. The van der Waals surface area contributed by atoms with Crippen LogP contribution < -0.4 is 0 Å². The Hall–Kier alpha value is -4.06. The molecule has 2 amide bonds. The molecule has 0 saturated carbocycles. The fourth-order valence-corrected chi connectivity index (χ4v) is 6.62. The molecule has 1 aliphatic heterocycles. The van der Waals surface area contributed by atoms with Crippen LogP contribution in [0.3, 0.4) is 0 Å². The molecule has 2 aromatic carbocycles. The number of imide groups is 1. The van der Waals surface area contributed by atoms with Crippen LogP contribution in [-0.2, 0) is 25.7 Å². The van der Waals surface area contributed by atoms with Crippen molar-refractivity contribution in [3.05, 3.63) is 99.7 Å². The lowest BCUT2D eigenvalue weighted by atomic mass is 9.59. The van der Waals surface area contributed by atoms with Crippen molar-refractivity contribution in [1.82, 2.24) is 4.90 Å². The first-order valence-corrected chi connectivity index (χ1v) is 12.7. The molecule has 0 aromatic heterocycles. The van der Waals surface area contributed by atoms with E-state index < -0.39 is 23.7 Å². The highest BCUT2D eigenvalue weighted by Gasteiger charge is 2.56. The van der Waals surface area contributed by atoms with Crippen molar-refractivity contribution in [2.45, 2.75) is 39.2 Å². The van der Waals surface area contributed by atoms with E-state index in [1.807, 2.05) is 42.5 Å². The van der Waals surface area contributed by atoms with Crippen LogP contribution in [0.1, 0.15) is 42.4 Å². The molecule has 0 bridgehead atoms. The van der Waals surface area contributed by atoms with Crippen molar-refractivity contribution in [3.8, 4) is 5.75 Å². The Morgan fingerprint density at radius 2 is 1.68 bits per heavy atom. The first-order valence-electron chi connectivity index (χ1n) is 12.7. The van der Waals surface area contributed by atoms with E-state index in [1.165, 1.54) is 11.0 Å². The number of para-hydroxylation sites is 1. The molecular formula is C31H27NO5. The number of allylic oxidation sites excluding steroid dienone is 6. The fourth-order valence-electron chi connectivity index (χ4n) is 6.62. The molecule has 4 atom stereocenters. The van der Waals surface area contributed by atoms with Crippen molar-refractivity contribution in [2.75, 3.05) is 0 Å². The zero-order valence-corrected chi connectivity index (χ0v) is 20.7. The van der Waals surface area contributed by atoms with Gasteiger partial charge >= 0.3 is 0 Å². The maximum absolute atomic E-state index is 13.8. The van der Waals surface area contributed by atoms with Gasteiger partial charge in [0.1, 0.15) is 5.75 Å². The van der Waals surface area contributed by atoms with E-state index in [0.29, 0.717) is 34.3 Å². The molecule has 1 fully saturated rings. The van der Waals surface area contributed by atoms with Crippen LogP contribution in [-0.4, -0.2) is 33.4 Å². The highest BCUT2D eigenvalue weighted by atomic mass is 16.3. The molecule has 3 aliphatic carbocycles. The number of ketones is 2. The summed E-state index contributed by atoms with van der Waals surface area (Å²) in [6.45, 7) is 3.64. The van der Waals surface area contributed by atoms with Crippen molar-refractivity contribution < 1.29 is 24.3 Å². The predicted octanol–water partition coefficient (Wildman–Crippen LogP) is 4.33. The van der Waals surface area contributed by atoms with E-state index in [1.54, 1.807) is 26.0 Å². The summed E-state index contributed by atoms with van der Waals surface area (Å²) >= 11 is 0. The van der Waals surface area contributed by atoms with Gasteiger partial charge in [-0.05, 0) is 49.8 Å². The molecule has 4 unspecified atom stereocenters. The fraction of sp³-hybridized carbons (Fsp3) is 0.290. The standard InChI is InChI=1S/C31H27NO5/c1-16-7-6-10-20(28(16)34)25-19-11-12-21-26(22(19)14-23-24(33)13-17(2)29(35)27(23)25)31(37)32(30(21)36)15-18-8-4-3-5-9-18/h3-11,13,21-22,25-26,34H,12,14-15H2,1-2H3. The number of benzene rings is 2. The van der Waals surface area contributed by atoms with Gasteiger partial charge in [0.15, 0.2) is 11.6 Å². The van der Waals surface area contributed by atoms with Crippen molar-refractivity contribution in [1.29, 1.82) is 0 Å². The third kappa shape index (κ3) is 3.46. The molecule has 1 N–H and O–H groups in total. The predicted molar refractivity (Wildman–Crippen MR) is 136 cm³/mol. The second-order valence-electron chi connectivity index (χ2n) is 10.5. The van der Waals surface area contributed by atoms with E-state index in [9.17, 15) is 24.3 Å². The summed E-state index contributed by atoms with van der Waals surface area (Å²) in [6.07, 6.45) is 3.96. The van der Waals surface area contributed by atoms with Gasteiger partial charge in [0.2, 0.25) is 11.8 Å². The van der Waals surface area contributed by atoms with Gasteiger partial charge in [0.25, 0.3) is 0 Å². The SMILES string of the molecule is CC1=CC(=O)C2=C(C1=O)C(c1cccc(C)c1O)C1=CCC3C(=O)N(Cc4ccccc4)C(=O)C3C1C2. The minimum absolute atomic E-state index is 0.0787. The molecule has 0 spiro atoms. The number of aryl methyl sites for hydroxylation is 1. The Bertz CT molecular complexity index is 1480. The number of rotatable bonds is 3. The van der Waals surface area contributed by atoms with Crippen LogP contribution in [0.5, 0.6) is 5.75 Å². The lowest BCUT2D eigenvalue weighted by molar-refractivity contribution is -0.140. The minimum atomic E-state index is -0.638. The number of carbonyl (C=O) groups is 4. The largest absolute Gasteiger partial charge is 0.507 e. The molecule has 0 radical (unpaired) electrons. The topological polar surface area (TPSA) is 91.8 Å². The lowest BCUT2D eigenvalue weighted by Gasteiger charge is -2.42. The second-order valence-corrected chi connectivity index (χ2v) is 10.5. The number of fused-ring (bicyclic) bond motifs is 3. The van der Waals surface area contributed by atoms with Gasteiger partial charge in [0, 0.05) is 28.2 Å². The first-order chi connectivity index (χ1) is 17.8. The Kier molecular flexibility index (Phi) is 5.37.